The Balaban J connectivity index is 1.82. The van der Waals surface area contributed by atoms with Crippen LogP contribution >= 0.6 is 0 Å². The Labute approximate surface area is 215 Å². The van der Waals surface area contributed by atoms with E-state index in [1.807, 2.05) is 0 Å². The molecule has 1 aliphatic carbocycles. The molecule has 0 spiro atoms. The van der Waals surface area contributed by atoms with Crippen molar-refractivity contribution >= 4 is 43.9 Å². The molecule has 0 unspecified atom stereocenters. The van der Waals surface area contributed by atoms with E-state index in [1.54, 1.807) is 0 Å². The van der Waals surface area contributed by atoms with Crippen LogP contribution in [0.4, 0.5) is 37.7 Å². The first-order chi connectivity index (χ1) is 17.6. The van der Waals surface area contributed by atoms with Gasteiger partial charge in [0.05, 0.1) is 23.5 Å². The number of para-hydroxylation sites is 2. The zero-order chi connectivity index (χ0) is 28.2. The highest BCUT2D eigenvalue weighted by molar-refractivity contribution is 7.93. The van der Waals surface area contributed by atoms with Gasteiger partial charge >= 0.3 is 31.1 Å². The van der Waals surface area contributed by atoms with E-state index in [0.717, 1.165) is 25.0 Å². The molecule has 2 aromatic carbocycles. The molecule has 16 heteroatoms. The van der Waals surface area contributed by atoms with Crippen molar-refractivity contribution < 1.29 is 43.2 Å². The number of nitrogens with one attached hydrogen (secondary N) is 2. The van der Waals surface area contributed by atoms with E-state index in [4.69, 9.17) is 0 Å². The molecule has 208 valence electrons. The fraction of sp³-hybridized carbons (Fsp3) is 0.364. The summed E-state index contributed by atoms with van der Waals surface area (Å²) in [7, 11) is -11.3. The van der Waals surface area contributed by atoms with Gasteiger partial charge in [0.25, 0.3) is 0 Å². The lowest BCUT2D eigenvalue weighted by molar-refractivity contribution is -0.0435. The van der Waals surface area contributed by atoms with Crippen LogP contribution in [0.1, 0.15) is 36.8 Å². The van der Waals surface area contributed by atoms with E-state index in [0.29, 0.717) is 12.8 Å². The number of anilines is 2. The topological polar surface area (TPSA) is 117 Å². The number of rotatable bonds is 8. The molecule has 0 aromatic heterocycles. The van der Waals surface area contributed by atoms with Crippen LogP contribution in [0.25, 0.3) is 0 Å². The van der Waals surface area contributed by atoms with Crippen LogP contribution in [-0.2, 0) is 20.0 Å². The third-order valence-corrected chi connectivity index (χ3v) is 7.72. The maximum Gasteiger partial charge on any atom is 0.516 e. The summed E-state index contributed by atoms with van der Waals surface area (Å²) in [6.07, 6.45) is 5.07. The molecule has 1 aliphatic rings. The predicted octanol–water partition coefficient (Wildman–Crippen LogP) is 5.06. The lowest BCUT2D eigenvalue weighted by Gasteiger charge is -2.25. The molecule has 1 saturated carbocycles. The third-order valence-electron chi connectivity index (χ3n) is 5.52. The summed E-state index contributed by atoms with van der Waals surface area (Å²) in [6, 6.07) is 9.80. The first-order valence-electron chi connectivity index (χ1n) is 11.0. The molecule has 2 aromatic rings. The number of benzene rings is 2. The number of aliphatic imine (C=N–C) groups is 2. The van der Waals surface area contributed by atoms with Crippen molar-refractivity contribution in [3.8, 4) is 0 Å². The number of hydrogen-bond acceptors (Lipinski definition) is 6. The molecule has 1 fully saturated rings. The number of nitrogens with zero attached hydrogens (tertiary/aromatic N) is 2. The highest BCUT2D eigenvalue weighted by Gasteiger charge is 2.47. The predicted molar refractivity (Wildman–Crippen MR) is 131 cm³/mol. The summed E-state index contributed by atoms with van der Waals surface area (Å²) in [5.41, 5.74) is -11.5. The summed E-state index contributed by atoms with van der Waals surface area (Å²) >= 11 is 0. The molecule has 3 rings (SSSR count). The van der Waals surface area contributed by atoms with Gasteiger partial charge in [0.15, 0.2) is 0 Å². The first kappa shape index (κ1) is 29.4. The molecule has 0 aliphatic heterocycles. The summed E-state index contributed by atoms with van der Waals surface area (Å²) in [5.74, 6) is 0. The van der Waals surface area contributed by atoms with Crippen LogP contribution in [0, 0.1) is 0 Å². The van der Waals surface area contributed by atoms with E-state index in [-0.39, 0.29) is 22.5 Å². The maximum atomic E-state index is 12.8. The first-order valence-corrected chi connectivity index (χ1v) is 14.0. The Bertz CT molecular complexity index is 1300. The normalized spacial score (nSPS) is 19.6. The Kier molecular flexibility index (Phi) is 8.75. The molecule has 0 radical (unpaired) electrons. The molecule has 2 N–H and O–H groups in total. The third kappa shape index (κ3) is 7.24. The summed E-state index contributed by atoms with van der Waals surface area (Å²) in [5, 5.41) is 0. The van der Waals surface area contributed by atoms with Gasteiger partial charge in [0.1, 0.15) is 0 Å². The van der Waals surface area contributed by atoms with E-state index in [2.05, 4.69) is 9.98 Å². The average molecular weight is 585 g/mol. The van der Waals surface area contributed by atoms with Gasteiger partial charge in [-0.25, -0.2) is 0 Å². The van der Waals surface area contributed by atoms with E-state index < -0.39 is 43.1 Å². The zero-order valence-electron chi connectivity index (χ0n) is 19.4. The van der Waals surface area contributed by atoms with Crippen molar-refractivity contribution in [3.05, 3.63) is 59.7 Å². The van der Waals surface area contributed by atoms with Gasteiger partial charge in [-0.05, 0) is 25.0 Å². The molecule has 0 saturated heterocycles. The second-order valence-corrected chi connectivity index (χ2v) is 11.6. The molecule has 8 nitrogen and oxygen atoms in total. The van der Waals surface area contributed by atoms with Gasteiger partial charge in [-0.1, -0.05) is 49.2 Å². The van der Waals surface area contributed by atoms with E-state index in [9.17, 15) is 43.2 Å². The molecule has 0 bridgehead atoms. The van der Waals surface area contributed by atoms with Crippen molar-refractivity contribution in [1.29, 1.82) is 0 Å². The smallest absolute Gasteiger partial charge is 0.287 e. The van der Waals surface area contributed by atoms with Gasteiger partial charge < -0.3 is 0 Å². The Morgan fingerprint density at radius 3 is 1.34 bits per heavy atom. The van der Waals surface area contributed by atoms with Crippen molar-refractivity contribution in [2.45, 2.75) is 48.8 Å². The standard InChI is InChI=1S/C22H22F6N4O4S2/c23-21(24,25)37(33,34)31-17-9-3-1-7-15(17)13-29-19-11-5-6-12-20(19)30-14-16-8-2-4-10-18(16)32-38(35,36)22(26,27)28/h1-4,7-10,13-14,19-20,31-32H,5-6,11-12H2/t19-,20-/m1/s1. The quantitative estimate of drug-likeness (QED) is 0.333. The van der Waals surface area contributed by atoms with E-state index >= 15 is 0 Å². The summed E-state index contributed by atoms with van der Waals surface area (Å²) in [4.78, 5) is 8.80. The van der Waals surface area contributed by atoms with Crippen LogP contribution in [0.5, 0.6) is 0 Å². The lowest BCUT2D eigenvalue weighted by Crippen LogP contribution is -2.30. The van der Waals surface area contributed by atoms with Crippen molar-refractivity contribution in [1.82, 2.24) is 0 Å². The second-order valence-electron chi connectivity index (χ2n) is 8.25. The molecule has 2 atom stereocenters. The second kappa shape index (κ2) is 11.3. The minimum atomic E-state index is -5.65. The Morgan fingerprint density at radius 1 is 0.658 bits per heavy atom. The number of halogens is 6. The lowest BCUT2D eigenvalue weighted by atomic mass is 9.91. The Morgan fingerprint density at radius 2 is 1.00 bits per heavy atom. The van der Waals surface area contributed by atoms with Crippen molar-refractivity contribution in [2.24, 2.45) is 9.98 Å². The molecular formula is C22H22F6N4O4S2. The summed E-state index contributed by atoms with van der Waals surface area (Å²) < 4.78 is 126. The zero-order valence-corrected chi connectivity index (χ0v) is 21.0. The highest BCUT2D eigenvalue weighted by Crippen LogP contribution is 2.29. The monoisotopic (exact) mass is 584 g/mol. The number of sulfonamides is 2. The van der Waals surface area contributed by atoms with Crippen LogP contribution in [0.2, 0.25) is 0 Å². The molecule has 0 heterocycles. The van der Waals surface area contributed by atoms with Gasteiger partial charge in [-0.3, -0.25) is 19.4 Å². The molecule has 38 heavy (non-hydrogen) atoms. The van der Waals surface area contributed by atoms with Crippen molar-refractivity contribution in [2.75, 3.05) is 9.44 Å². The largest absolute Gasteiger partial charge is 0.516 e. The van der Waals surface area contributed by atoms with Crippen LogP contribution in [-0.4, -0.2) is 52.4 Å². The molecular weight excluding hydrogens is 562 g/mol. The fourth-order valence-electron chi connectivity index (χ4n) is 3.60. The highest BCUT2D eigenvalue weighted by atomic mass is 32.2. The molecule has 0 amide bonds. The number of alkyl halides is 6. The number of hydrogen-bond donors (Lipinski definition) is 2. The summed E-state index contributed by atoms with van der Waals surface area (Å²) in [6.45, 7) is 0. The minimum Gasteiger partial charge on any atom is -0.287 e. The van der Waals surface area contributed by atoms with Crippen LogP contribution in [0.15, 0.2) is 58.5 Å². The van der Waals surface area contributed by atoms with Gasteiger partial charge in [0, 0.05) is 23.6 Å². The van der Waals surface area contributed by atoms with Gasteiger partial charge in [0.2, 0.25) is 0 Å². The van der Waals surface area contributed by atoms with Gasteiger partial charge in [-0.15, -0.1) is 0 Å². The van der Waals surface area contributed by atoms with Crippen LogP contribution < -0.4 is 9.44 Å². The Hall–Kier alpha value is -3.14. The van der Waals surface area contributed by atoms with Gasteiger partial charge in [-0.2, -0.15) is 43.2 Å². The van der Waals surface area contributed by atoms with E-state index in [1.165, 1.54) is 58.3 Å². The van der Waals surface area contributed by atoms with Crippen LogP contribution in [0.3, 0.4) is 0 Å². The SMILES string of the molecule is O=S(=O)(Nc1ccccc1C=N[C@@H]1CCCC[C@H]1N=Cc1ccccc1NS(=O)(=O)C(F)(F)F)C(F)(F)F. The minimum absolute atomic E-state index is 0.0838. The maximum absolute atomic E-state index is 12.8. The van der Waals surface area contributed by atoms with Crippen molar-refractivity contribution in [3.63, 3.8) is 0 Å². The average Bonchev–Trinajstić information content (AvgIpc) is 2.81. The fourth-order valence-corrected chi connectivity index (χ4v) is 4.78.